The van der Waals surface area contributed by atoms with Crippen molar-refractivity contribution in [3.63, 3.8) is 0 Å². The number of anilines is 1. The van der Waals surface area contributed by atoms with Crippen LogP contribution in [-0.2, 0) is 14.6 Å². The average Bonchev–Trinajstić information content (AvgIpc) is 2.68. The number of amides is 1. The molecule has 1 aliphatic rings. The molecule has 1 atom stereocenters. The number of rotatable bonds is 3. The highest BCUT2D eigenvalue weighted by molar-refractivity contribution is 7.94. The molecule has 104 valence electrons. The molecular formula is C13H11ClN2O3S. The summed E-state index contributed by atoms with van der Waals surface area (Å²) in [6, 6.07) is 6.49. The third-order valence-corrected chi connectivity index (χ3v) is 4.60. The average molecular weight is 311 g/mol. The van der Waals surface area contributed by atoms with Crippen molar-refractivity contribution in [3.05, 3.63) is 40.3 Å². The topological polar surface area (TPSA) is 87.0 Å². The van der Waals surface area contributed by atoms with Gasteiger partial charge in [0.25, 0.3) is 0 Å². The van der Waals surface area contributed by atoms with E-state index >= 15 is 0 Å². The lowest BCUT2D eigenvalue weighted by molar-refractivity contribution is -0.116. The number of hydrogen-bond acceptors (Lipinski definition) is 4. The van der Waals surface area contributed by atoms with E-state index in [9.17, 15) is 13.2 Å². The van der Waals surface area contributed by atoms with Gasteiger partial charge in [-0.3, -0.25) is 4.79 Å². The van der Waals surface area contributed by atoms with Gasteiger partial charge in [-0.05, 0) is 18.2 Å². The van der Waals surface area contributed by atoms with E-state index in [1.54, 1.807) is 6.07 Å². The highest BCUT2D eigenvalue weighted by Gasteiger charge is 2.23. The van der Waals surface area contributed by atoms with Crippen molar-refractivity contribution in [2.24, 2.45) is 5.92 Å². The molecule has 5 nitrogen and oxygen atoms in total. The predicted octanol–water partition coefficient (Wildman–Crippen LogP) is 2.10. The first kappa shape index (κ1) is 14.6. The molecular weight excluding hydrogens is 300 g/mol. The zero-order valence-corrected chi connectivity index (χ0v) is 11.9. The Hall–Kier alpha value is -1.84. The minimum Gasteiger partial charge on any atom is -0.326 e. The van der Waals surface area contributed by atoms with Crippen LogP contribution in [0.2, 0.25) is 5.02 Å². The SMILES string of the molecule is N#Cc1ccc(NC(=O)C[C@H]2C=CS(=O)(=O)C2)cc1Cl. The fourth-order valence-corrected chi connectivity index (χ4v) is 3.52. The summed E-state index contributed by atoms with van der Waals surface area (Å²) < 4.78 is 22.5. The second-order valence-electron chi connectivity index (χ2n) is 4.48. The van der Waals surface area contributed by atoms with Crippen molar-refractivity contribution in [1.82, 2.24) is 0 Å². The Morgan fingerprint density at radius 1 is 1.50 bits per heavy atom. The molecule has 1 amide bonds. The van der Waals surface area contributed by atoms with Crippen molar-refractivity contribution in [2.75, 3.05) is 11.1 Å². The van der Waals surface area contributed by atoms with Crippen molar-refractivity contribution in [1.29, 1.82) is 5.26 Å². The number of nitrogens with zero attached hydrogens (tertiary/aromatic N) is 1. The lowest BCUT2D eigenvalue weighted by Crippen LogP contribution is -2.17. The molecule has 0 saturated carbocycles. The number of nitriles is 1. The maximum Gasteiger partial charge on any atom is 0.224 e. The first-order valence-electron chi connectivity index (χ1n) is 5.80. The highest BCUT2D eigenvalue weighted by atomic mass is 35.5. The Morgan fingerprint density at radius 2 is 2.25 bits per heavy atom. The van der Waals surface area contributed by atoms with E-state index in [1.165, 1.54) is 18.2 Å². The lowest BCUT2D eigenvalue weighted by atomic mass is 10.1. The summed E-state index contributed by atoms with van der Waals surface area (Å²) >= 11 is 5.86. The summed E-state index contributed by atoms with van der Waals surface area (Å²) in [5.41, 5.74) is 0.804. The minimum atomic E-state index is -3.15. The van der Waals surface area contributed by atoms with Crippen molar-refractivity contribution in [2.45, 2.75) is 6.42 Å². The van der Waals surface area contributed by atoms with Crippen molar-refractivity contribution >= 4 is 33.0 Å². The summed E-state index contributed by atoms with van der Waals surface area (Å²) in [6.07, 6.45) is 1.62. The van der Waals surface area contributed by atoms with Gasteiger partial charge in [-0.25, -0.2) is 8.42 Å². The van der Waals surface area contributed by atoms with Crippen molar-refractivity contribution in [3.8, 4) is 6.07 Å². The van der Waals surface area contributed by atoms with E-state index in [2.05, 4.69) is 5.32 Å². The maximum atomic E-state index is 11.8. The predicted molar refractivity (Wildman–Crippen MR) is 75.8 cm³/mol. The van der Waals surface area contributed by atoms with Crippen LogP contribution >= 0.6 is 11.6 Å². The zero-order valence-electron chi connectivity index (χ0n) is 10.3. The van der Waals surface area contributed by atoms with E-state index in [4.69, 9.17) is 16.9 Å². The Kier molecular flexibility index (Phi) is 4.12. The first-order valence-corrected chi connectivity index (χ1v) is 7.89. The van der Waals surface area contributed by atoms with Crippen LogP contribution in [0.25, 0.3) is 0 Å². The molecule has 0 fully saturated rings. The molecule has 2 rings (SSSR count). The molecule has 0 radical (unpaired) electrons. The Labute approximate surface area is 121 Å². The Bertz CT molecular complexity index is 720. The molecule has 20 heavy (non-hydrogen) atoms. The second-order valence-corrected chi connectivity index (χ2v) is 6.82. The first-order chi connectivity index (χ1) is 9.39. The molecule has 0 bridgehead atoms. The quantitative estimate of drug-likeness (QED) is 0.926. The normalized spacial score (nSPS) is 19.5. The molecule has 7 heteroatoms. The van der Waals surface area contributed by atoms with Gasteiger partial charge in [-0.15, -0.1) is 0 Å². The molecule has 1 aliphatic heterocycles. The summed E-state index contributed by atoms with van der Waals surface area (Å²) in [7, 11) is -3.15. The molecule has 0 unspecified atom stereocenters. The second kappa shape index (κ2) is 5.65. The van der Waals surface area contributed by atoms with Gasteiger partial charge in [0.05, 0.1) is 16.3 Å². The molecule has 0 aromatic heterocycles. The lowest BCUT2D eigenvalue weighted by Gasteiger charge is -2.08. The minimum absolute atomic E-state index is 0.0332. The zero-order chi connectivity index (χ0) is 14.8. The van der Waals surface area contributed by atoms with Crippen LogP contribution in [-0.4, -0.2) is 20.1 Å². The van der Waals surface area contributed by atoms with Gasteiger partial charge >= 0.3 is 0 Å². The standard InChI is InChI=1S/C13H11ClN2O3S/c14-12-6-11(2-1-10(12)7-15)16-13(17)5-9-3-4-20(18,19)8-9/h1-4,6,9H,5,8H2,(H,16,17)/t9-/m1/s1. The summed E-state index contributed by atoms with van der Waals surface area (Å²) in [5.74, 6) is -0.625. The van der Waals surface area contributed by atoms with Gasteiger partial charge < -0.3 is 5.32 Å². The summed E-state index contributed by atoms with van der Waals surface area (Å²) in [4.78, 5) is 11.8. The van der Waals surface area contributed by atoms with E-state index in [-0.39, 0.29) is 29.0 Å². The van der Waals surface area contributed by atoms with Crippen LogP contribution < -0.4 is 5.32 Å². The fourth-order valence-electron chi connectivity index (χ4n) is 1.90. The number of sulfone groups is 1. The van der Waals surface area contributed by atoms with E-state index in [0.29, 0.717) is 11.3 Å². The van der Waals surface area contributed by atoms with Crippen LogP contribution in [0.3, 0.4) is 0 Å². The van der Waals surface area contributed by atoms with E-state index in [0.717, 1.165) is 5.41 Å². The molecule has 0 spiro atoms. The largest absolute Gasteiger partial charge is 0.326 e. The number of carbonyl (C=O) groups is 1. The number of nitrogens with one attached hydrogen (secondary N) is 1. The third kappa shape index (κ3) is 3.59. The van der Waals surface area contributed by atoms with Crippen LogP contribution in [0.15, 0.2) is 29.7 Å². The van der Waals surface area contributed by atoms with Crippen LogP contribution in [0.1, 0.15) is 12.0 Å². The number of carbonyl (C=O) groups excluding carboxylic acids is 1. The van der Waals surface area contributed by atoms with Gasteiger partial charge in [0.15, 0.2) is 9.84 Å². The maximum absolute atomic E-state index is 11.8. The van der Waals surface area contributed by atoms with Gasteiger partial charge in [0.1, 0.15) is 6.07 Å². The van der Waals surface area contributed by atoms with Gasteiger partial charge in [0.2, 0.25) is 5.91 Å². The van der Waals surface area contributed by atoms with Crippen LogP contribution in [0.4, 0.5) is 5.69 Å². The molecule has 1 N–H and O–H groups in total. The number of allylic oxidation sites excluding steroid dienone is 1. The van der Waals surface area contributed by atoms with E-state index < -0.39 is 9.84 Å². The van der Waals surface area contributed by atoms with Crippen LogP contribution in [0.5, 0.6) is 0 Å². The fraction of sp³-hybridized carbons (Fsp3) is 0.231. The number of halogens is 1. The van der Waals surface area contributed by atoms with Gasteiger partial charge in [0, 0.05) is 23.4 Å². The van der Waals surface area contributed by atoms with E-state index in [1.807, 2.05) is 6.07 Å². The summed E-state index contributed by atoms with van der Waals surface area (Å²) in [6.45, 7) is 0. The number of hydrogen-bond donors (Lipinski definition) is 1. The Balaban J connectivity index is 1.97. The summed E-state index contributed by atoms with van der Waals surface area (Å²) in [5, 5.41) is 12.8. The van der Waals surface area contributed by atoms with Crippen LogP contribution in [0, 0.1) is 17.2 Å². The molecule has 0 aliphatic carbocycles. The smallest absolute Gasteiger partial charge is 0.224 e. The highest BCUT2D eigenvalue weighted by Crippen LogP contribution is 2.22. The van der Waals surface area contributed by atoms with Crippen molar-refractivity contribution < 1.29 is 13.2 Å². The molecule has 0 saturated heterocycles. The Morgan fingerprint density at radius 3 is 2.80 bits per heavy atom. The molecule has 1 heterocycles. The molecule has 1 aromatic carbocycles. The third-order valence-electron chi connectivity index (χ3n) is 2.83. The van der Waals surface area contributed by atoms with Gasteiger partial charge in [-0.1, -0.05) is 17.7 Å². The van der Waals surface area contributed by atoms with Gasteiger partial charge in [-0.2, -0.15) is 5.26 Å². The molecule has 1 aromatic rings. The number of benzene rings is 1. The monoisotopic (exact) mass is 310 g/mol.